The van der Waals surface area contributed by atoms with Crippen molar-refractivity contribution >= 4 is 44.8 Å². The van der Waals surface area contributed by atoms with Crippen molar-refractivity contribution in [3.63, 3.8) is 0 Å². The van der Waals surface area contributed by atoms with Gasteiger partial charge in [0.25, 0.3) is 0 Å². The smallest absolute Gasteiger partial charge is 0.744 e. The van der Waals surface area contributed by atoms with Crippen molar-refractivity contribution in [2.45, 2.75) is 11.8 Å². The molecule has 0 saturated heterocycles. The third kappa shape index (κ3) is 7.94. The predicted octanol–water partition coefficient (Wildman–Crippen LogP) is -0.0971. The van der Waals surface area contributed by atoms with Gasteiger partial charge in [0.1, 0.15) is 21.8 Å². The Morgan fingerprint density at radius 3 is 2.09 bits per heavy atom. The Morgan fingerprint density at radius 1 is 1.00 bits per heavy atom. The minimum absolute atomic E-state index is 0. The number of aromatic nitrogens is 2. The summed E-state index contributed by atoms with van der Waals surface area (Å²) in [6.07, 6.45) is 0. The van der Waals surface area contributed by atoms with E-state index in [0.29, 0.717) is 29.6 Å². The van der Waals surface area contributed by atoms with E-state index in [-0.39, 0.29) is 40.4 Å². The maximum atomic E-state index is 11.0. The van der Waals surface area contributed by atoms with E-state index in [9.17, 15) is 13.0 Å². The average molecular weight is 479 g/mol. The molecule has 0 aliphatic carbocycles. The molecule has 0 spiro atoms. The van der Waals surface area contributed by atoms with Gasteiger partial charge in [-0.3, -0.25) is 0 Å². The number of anilines is 4. The first-order valence-corrected chi connectivity index (χ1v) is 11.1. The average Bonchev–Trinajstić information content (AvgIpc) is 2.75. The maximum Gasteiger partial charge on any atom is 1.00 e. The molecule has 0 aliphatic rings. The number of benzene rings is 2. The molecule has 1 aromatic heterocycles. The molecule has 0 fully saturated rings. The molecule has 11 nitrogen and oxygen atoms in total. The first kappa shape index (κ1) is 26.5. The van der Waals surface area contributed by atoms with Crippen LogP contribution in [-0.2, 0) is 10.1 Å². The van der Waals surface area contributed by atoms with Crippen molar-refractivity contribution in [3.05, 3.63) is 54.6 Å². The van der Waals surface area contributed by atoms with E-state index in [1.54, 1.807) is 6.07 Å². The standard InChI is InChI=1S/C20H24N8O3S.Na/c1-2-28(12-11-23-19-13-18(21)24-20(22)25-19)16-7-3-14(4-8-16)26-27-15-5-9-17(10-6-15)32(29,30)31;/h3-10,13H,2,11-12H2,1H3,(H,29,30,31)(H5,21,22,23,24,25);/q;+1/p-1. The molecule has 1 heterocycles. The van der Waals surface area contributed by atoms with Crippen molar-refractivity contribution in [1.29, 1.82) is 0 Å². The Kier molecular flexibility index (Phi) is 9.56. The van der Waals surface area contributed by atoms with Gasteiger partial charge in [0.2, 0.25) is 5.95 Å². The van der Waals surface area contributed by atoms with Crippen LogP contribution in [0.15, 0.2) is 69.7 Å². The SMILES string of the molecule is CCN(CCNc1cc(N)nc(N)n1)c1ccc(N=Nc2ccc(S(=O)(=O)[O-])cc2)cc1.[Na+]. The van der Waals surface area contributed by atoms with Crippen molar-refractivity contribution in [3.8, 4) is 0 Å². The number of hydrogen-bond donors (Lipinski definition) is 3. The number of nitrogens with one attached hydrogen (secondary N) is 1. The Morgan fingerprint density at radius 2 is 1.58 bits per heavy atom. The second kappa shape index (κ2) is 11.9. The van der Waals surface area contributed by atoms with Gasteiger partial charge in [0, 0.05) is 31.4 Å². The van der Waals surface area contributed by atoms with E-state index in [2.05, 4.69) is 37.3 Å². The van der Waals surface area contributed by atoms with Crippen molar-refractivity contribution < 1.29 is 42.5 Å². The molecule has 33 heavy (non-hydrogen) atoms. The number of azo groups is 1. The minimum Gasteiger partial charge on any atom is -0.744 e. The van der Waals surface area contributed by atoms with Crippen molar-refractivity contribution in [2.75, 3.05) is 41.3 Å². The number of rotatable bonds is 9. The van der Waals surface area contributed by atoms with Crippen LogP contribution < -0.4 is 51.2 Å². The van der Waals surface area contributed by atoms with Crippen LogP contribution in [0.1, 0.15) is 6.92 Å². The summed E-state index contributed by atoms with van der Waals surface area (Å²) >= 11 is 0. The molecular weight excluding hydrogens is 455 g/mol. The maximum absolute atomic E-state index is 11.0. The van der Waals surface area contributed by atoms with E-state index < -0.39 is 10.1 Å². The summed E-state index contributed by atoms with van der Waals surface area (Å²) in [6, 6.07) is 14.4. The molecule has 3 rings (SSSR count). The zero-order chi connectivity index (χ0) is 23.1. The van der Waals surface area contributed by atoms with Crippen molar-refractivity contribution in [1.82, 2.24) is 9.97 Å². The normalized spacial score (nSPS) is 11.2. The fourth-order valence-corrected chi connectivity index (χ4v) is 3.36. The number of nitrogens with zero attached hydrogens (tertiary/aromatic N) is 5. The van der Waals surface area contributed by atoms with Gasteiger partial charge in [0.15, 0.2) is 0 Å². The van der Waals surface area contributed by atoms with Crippen LogP contribution in [0, 0.1) is 0 Å². The van der Waals surface area contributed by atoms with E-state index >= 15 is 0 Å². The molecule has 13 heteroatoms. The Hall–Kier alpha value is -2.77. The number of nitrogen functional groups attached to an aromatic ring is 2. The number of likely N-dealkylation sites (N-methyl/N-ethyl adjacent to an activating group) is 1. The van der Waals surface area contributed by atoms with Crippen LogP contribution in [0.25, 0.3) is 0 Å². The van der Waals surface area contributed by atoms with Crippen LogP contribution >= 0.6 is 0 Å². The predicted molar refractivity (Wildman–Crippen MR) is 122 cm³/mol. The molecule has 0 aliphatic heterocycles. The molecular formula is C20H23N8NaO3S. The number of hydrogen-bond acceptors (Lipinski definition) is 11. The largest absolute Gasteiger partial charge is 1.00 e. The van der Waals surface area contributed by atoms with Crippen LogP contribution in [0.2, 0.25) is 0 Å². The fraction of sp³-hybridized carbons (Fsp3) is 0.200. The topological polar surface area (TPSA) is 175 Å². The van der Waals surface area contributed by atoms with Gasteiger partial charge in [-0.2, -0.15) is 20.2 Å². The molecule has 168 valence electrons. The van der Waals surface area contributed by atoms with Gasteiger partial charge in [-0.25, -0.2) is 8.42 Å². The third-order valence-electron chi connectivity index (χ3n) is 4.45. The van der Waals surface area contributed by atoms with Crippen LogP contribution in [-0.4, -0.2) is 42.6 Å². The Labute approximate surface area is 214 Å². The van der Waals surface area contributed by atoms with E-state index in [1.807, 2.05) is 24.3 Å². The van der Waals surface area contributed by atoms with E-state index in [1.165, 1.54) is 24.3 Å². The molecule has 0 saturated carbocycles. The monoisotopic (exact) mass is 478 g/mol. The zero-order valence-corrected chi connectivity index (χ0v) is 21.2. The van der Waals surface area contributed by atoms with Gasteiger partial charge in [0.05, 0.1) is 16.3 Å². The molecule has 0 amide bonds. The zero-order valence-electron chi connectivity index (χ0n) is 18.3. The first-order valence-electron chi connectivity index (χ1n) is 9.71. The van der Waals surface area contributed by atoms with Crippen LogP contribution in [0.4, 0.5) is 34.6 Å². The van der Waals surface area contributed by atoms with Crippen LogP contribution in [0.3, 0.4) is 0 Å². The summed E-state index contributed by atoms with van der Waals surface area (Å²) in [5, 5.41) is 11.4. The summed E-state index contributed by atoms with van der Waals surface area (Å²) in [5.74, 6) is 1.00. The molecule has 2 aromatic carbocycles. The van der Waals surface area contributed by atoms with Gasteiger partial charge in [-0.05, 0) is 55.5 Å². The quantitative estimate of drug-likeness (QED) is 0.215. The molecule has 5 N–H and O–H groups in total. The summed E-state index contributed by atoms with van der Waals surface area (Å²) in [6.45, 7) is 4.20. The molecule has 0 unspecified atom stereocenters. The fourth-order valence-electron chi connectivity index (χ4n) is 2.89. The minimum atomic E-state index is -4.48. The Bertz CT molecular complexity index is 1170. The van der Waals surface area contributed by atoms with E-state index in [0.717, 1.165) is 18.8 Å². The second-order valence-corrected chi connectivity index (χ2v) is 8.09. The molecule has 0 bridgehead atoms. The summed E-state index contributed by atoms with van der Waals surface area (Å²) in [7, 11) is -4.48. The number of nitrogens with two attached hydrogens (primary N) is 2. The first-order chi connectivity index (χ1) is 15.2. The molecule has 0 atom stereocenters. The Balaban J connectivity index is 0.00000385. The van der Waals surface area contributed by atoms with Crippen LogP contribution in [0.5, 0.6) is 0 Å². The molecule has 3 aromatic rings. The van der Waals surface area contributed by atoms with Crippen molar-refractivity contribution in [2.24, 2.45) is 10.2 Å². The summed E-state index contributed by atoms with van der Waals surface area (Å²) < 4.78 is 32.9. The third-order valence-corrected chi connectivity index (χ3v) is 5.30. The van der Waals surface area contributed by atoms with Gasteiger partial charge >= 0.3 is 29.6 Å². The summed E-state index contributed by atoms with van der Waals surface area (Å²) in [4.78, 5) is 9.80. The van der Waals surface area contributed by atoms with E-state index in [4.69, 9.17) is 11.5 Å². The van der Waals surface area contributed by atoms with Gasteiger partial charge in [-0.1, -0.05) is 0 Å². The second-order valence-electron chi connectivity index (χ2n) is 6.71. The summed E-state index contributed by atoms with van der Waals surface area (Å²) in [5.41, 5.74) is 13.4. The van der Waals surface area contributed by atoms with Gasteiger partial charge < -0.3 is 26.2 Å². The van der Waals surface area contributed by atoms with Gasteiger partial charge in [-0.15, -0.1) is 0 Å². The molecule has 0 radical (unpaired) electrons.